The number of nitrogens with one attached hydrogen (secondary N) is 1. The Bertz CT molecular complexity index is 553. The Morgan fingerprint density at radius 1 is 1.26 bits per heavy atom. The van der Waals surface area contributed by atoms with Crippen molar-refractivity contribution < 1.29 is 14.3 Å². The fourth-order valence-electron chi connectivity index (χ4n) is 2.18. The lowest BCUT2D eigenvalue weighted by Crippen LogP contribution is -2.50. The predicted octanol–water partition coefficient (Wildman–Crippen LogP) is 0.989. The first-order chi connectivity index (χ1) is 11.2. The van der Waals surface area contributed by atoms with E-state index in [0.717, 1.165) is 0 Å². The first-order valence-electron chi connectivity index (χ1n) is 7.53. The van der Waals surface area contributed by atoms with Crippen LogP contribution in [0.5, 0.6) is 0 Å². The van der Waals surface area contributed by atoms with Crippen LogP contribution in [-0.4, -0.2) is 71.1 Å². The summed E-state index contributed by atoms with van der Waals surface area (Å²) < 4.78 is 4.95. The fourth-order valence-corrected chi connectivity index (χ4v) is 2.18. The molecule has 0 spiro atoms. The molecule has 1 saturated heterocycles. The van der Waals surface area contributed by atoms with Gasteiger partial charge in [-0.15, -0.1) is 6.58 Å². The van der Waals surface area contributed by atoms with Crippen LogP contribution in [0.25, 0.3) is 0 Å². The molecule has 8 heteroatoms. The van der Waals surface area contributed by atoms with Crippen LogP contribution in [0.2, 0.25) is 0 Å². The lowest BCUT2D eigenvalue weighted by Gasteiger charge is -2.33. The maximum absolute atomic E-state index is 12.4. The number of hydrogen-bond acceptors (Lipinski definition) is 6. The van der Waals surface area contributed by atoms with Gasteiger partial charge in [-0.25, -0.2) is 14.8 Å². The number of hydrogen-bond donors (Lipinski definition) is 1. The maximum Gasteiger partial charge on any atom is 0.409 e. The van der Waals surface area contributed by atoms with Gasteiger partial charge in [-0.1, -0.05) is 6.08 Å². The predicted molar refractivity (Wildman–Crippen MR) is 85.2 cm³/mol. The van der Waals surface area contributed by atoms with Gasteiger partial charge in [0, 0.05) is 32.7 Å². The van der Waals surface area contributed by atoms with E-state index in [0.29, 0.717) is 50.8 Å². The number of piperazine rings is 1. The summed E-state index contributed by atoms with van der Waals surface area (Å²) in [6, 6.07) is 0. The van der Waals surface area contributed by atoms with Gasteiger partial charge < -0.3 is 19.9 Å². The molecule has 1 aromatic heterocycles. The van der Waals surface area contributed by atoms with Gasteiger partial charge >= 0.3 is 6.09 Å². The summed E-state index contributed by atoms with van der Waals surface area (Å²) >= 11 is 0. The monoisotopic (exact) mass is 319 g/mol. The van der Waals surface area contributed by atoms with E-state index in [1.165, 1.54) is 12.4 Å². The lowest BCUT2D eigenvalue weighted by atomic mass is 10.3. The lowest BCUT2D eigenvalue weighted by molar-refractivity contribution is 0.0565. The van der Waals surface area contributed by atoms with Crippen molar-refractivity contribution in [3.63, 3.8) is 0 Å². The van der Waals surface area contributed by atoms with Gasteiger partial charge in [-0.2, -0.15) is 0 Å². The molecule has 0 atom stereocenters. The first kappa shape index (κ1) is 16.7. The first-order valence-corrected chi connectivity index (χ1v) is 7.53. The molecule has 1 N–H and O–H groups in total. The third kappa shape index (κ3) is 4.41. The molecule has 2 rings (SSSR count). The second kappa shape index (κ2) is 8.11. The molecule has 0 aliphatic carbocycles. The average molecular weight is 319 g/mol. The quantitative estimate of drug-likeness (QED) is 0.814. The summed E-state index contributed by atoms with van der Waals surface area (Å²) in [5, 5.41) is 3.00. The van der Waals surface area contributed by atoms with Crippen LogP contribution < -0.4 is 5.32 Å². The van der Waals surface area contributed by atoms with Gasteiger partial charge in [-0.3, -0.25) is 4.79 Å². The highest BCUT2D eigenvalue weighted by Gasteiger charge is 2.26. The molecule has 0 unspecified atom stereocenters. The van der Waals surface area contributed by atoms with Crippen LogP contribution in [0.4, 0.5) is 10.6 Å². The van der Waals surface area contributed by atoms with E-state index in [2.05, 4.69) is 21.9 Å². The van der Waals surface area contributed by atoms with E-state index in [9.17, 15) is 9.59 Å². The Labute approximate surface area is 135 Å². The molecule has 0 aromatic carbocycles. The molecule has 1 aliphatic rings. The molecule has 2 heterocycles. The number of nitrogens with zero attached hydrogens (tertiary/aromatic N) is 4. The molecule has 2 amide bonds. The van der Waals surface area contributed by atoms with Crippen molar-refractivity contribution in [1.29, 1.82) is 0 Å². The van der Waals surface area contributed by atoms with Crippen LogP contribution in [0.1, 0.15) is 17.4 Å². The number of rotatable bonds is 5. The number of aromatic nitrogens is 2. The topological polar surface area (TPSA) is 87.7 Å². The Morgan fingerprint density at radius 3 is 2.52 bits per heavy atom. The molecule has 1 aromatic rings. The number of carbonyl (C=O) groups is 2. The molecule has 0 saturated carbocycles. The van der Waals surface area contributed by atoms with Crippen LogP contribution in [0.3, 0.4) is 0 Å². The van der Waals surface area contributed by atoms with E-state index in [4.69, 9.17) is 4.74 Å². The van der Waals surface area contributed by atoms with Crippen molar-refractivity contribution in [2.45, 2.75) is 6.92 Å². The van der Waals surface area contributed by atoms with E-state index in [-0.39, 0.29) is 12.0 Å². The number of carbonyl (C=O) groups excluding carboxylic acids is 2. The van der Waals surface area contributed by atoms with Crippen molar-refractivity contribution in [2.24, 2.45) is 0 Å². The highest BCUT2D eigenvalue weighted by atomic mass is 16.6. The molecule has 23 heavy (non-hydrogen) atoms. The Hall–Kier alpha value is -2.64. The Balaban J connectivity index is 1.89. The van der Waals surface area contributed by atoms with Gasteiger partial charge in [-0.05, 0) is 6.92 Å². The summed E-state index contributed by atoms with van der Waals surface area (Å²) in [5.74, 6) is 0.407. The minimum absolute atomic E-state index is 0.184. The summed E-state index contributed by atoms with van der Waals surface area (Å²) in [6.45, 7) is 8.12. The molecule has 8 nitrogen and oxygen atoms in total. The molecular formula is C15H21N5O3. The largest absolute Gasteiger partial charge is 0.450 e. The van der Waals surface area contributed by atoms with Gasteiger partial charge in [0.15, 0.2) is 0 Å². The van der Waals surface area contributed by atoms with E-state index >= 15 is 0 Å². The van der Waals surface area contributed by atoms with Crippen LogP contribution in [0, 0.1) is 0 Å². The SMILES string of the molecule is C=CCNc1cnc(C(=O)N2CCN(C(=O)OCC)CC2)cn1. The van der Waals surface area contributed by atoms with Crippen molar-refractivity contribution >= 4 is 17.8 Å². The molecule has 0 bridgehead atoms. The summed E-state index contributed by atoms with van der Waals surface area (Å²) in [5.41, 5.74) is 0.290. The average Bonchev–Trinajstić information content (AvgIpc) is 2.60. The van der Waals surface area contributed by atoms with Gasteiger partial charge in [0.1, 0.15) is 11.5 Å². The molecular weight excluding hydrogens is 298 g/mol. The number of ether oxygens (including phenoxy) is 1. The van der Waals surface area contributed by atoms with E-state index in [1.807, 2.05) is 0 Å². The van der Waals surface area contributed by atoms with Gasteiger partial charge in [0.25, 0.3) is 5.91 Å². The highest BCUT2D eigenvalue weighted by Crippen LogP contribution is 2.09. The van der Waals surface area contributed by atoms with Crippen molar-refractivity contribution in [2.75, 3.05) is 44.6 Å². The summed E-state index contributed by atoms with van der Waals surface area (Å²) in [4.78, 5) is 35.6. The third-order valence-corrected chi connectivity index (χ3v) is 3.39. The van der Waals surface area contributed by atoms with E-state index < -0.39 is 0 Å². The third-order valence-electron chi connectivity index (χ3n) is 3.39. The number of amides is 2. The van der Waals surface area contributed by atoms with Gasteiger partial charge in [0.05, 0.1) is 19.0 Å². The Morgan fingerprint density at radius 2 is 1.96 bits per heavy atom. The van der Waals surface area contributed by atoms with Crippen molar-refractivity contribution in [1.82, 2.24) is 19.8 Å². The minimum atomic E-state index is -0.336. The normalized spacial score (nSPS) is 14.3. The summed E-state index contributed by atoms with van der Waals surface area (Å²) in [7, 11) is 0. The molecule has 1 aliphatic heterocycles. The van der Waals surface area contributed by atoms with Gasteiger partial charge in [0.2, 0.25) is 0 Å². The summed E-state index contributed by atoms with van der Waals surface area (Å²) in [6.07, 6.45) is 4.35. The minimum Gasteiger partial charge on any atom is -0.450 e. The highest BCUT2D eigenvalue weighted by molar-refractivity contribution is 5.92. The zero-order valence-electron chi connectivity index (χ0n) is 13.2. The van der Waals surface area contributed by atoms with Crippen molar-refractivity contribution in [3.05, 3.63) is 30.7 Å². The number of anilines is 1. The standard InChI is InChI=1S/C15H21N5O3/c1-3-5-16-13-11-17-12(10-18-13)14(21)19-6-8-20(9-7-19)15(22)23-4-2/h3,10-11H,1,4-9H2,2H3,(H,16,18). The van der Waals surface area contributed by atoms with Crippen LogP contribution >= 0.6 is 0 Å². The fraction of sp³-hybridized carbons (Fsp3) is 0.467. The second-order valence-electron chi connectivity index (χ2n) is 4.93. The molecule has 124 valence electrons. The zero-order chi connectivity index (χ0) is 16.7. The van der Waals surface area contributed by atoms with Crippen molar-refractivity contribution in [3.8, 4) is 0 Å². The van der Waals surface area contributed by atoms with Crippen LogP contribution in [0.15, 0.2) is 25.0 Å². The van der Waals surface area contributed by atoms with E-state index in [1.54, 1.807) is 22.8 Å². The van der Waals surface area contributed by atoms with Crippen LogP contribution in [-0.2, 0) is 4.74 Å². The molecule has 0 radical (unpaired) electrons. The zero-order valence-corrected chi connectivity index (χ0v) is 13.2. The maximum atomic E-state index is 12.4. The Kier molecular flexibility index (Phi) is 5.90. The second-order valence-corrected chi connectivity index (χ2v) is 4.93. The molecule has 1 fully saturated rings. The smallest absolute Gasteiger partial charge is 0.409 e.